The molecular formula is C21H25N5. The molecule has 0 aliphatic rings. The molecule has 0 N–H and O–H groups in total. The maximum Gasteiger partial charge on any atom is 0.0547 e. The Morgan fingerprint density at radius 2 is 1.04 bits per heavy atom. The van der Waals surface area contributed by atoms with E-state index < -0.39 is 0 Å². The lowest BCUT2D eigenvalue weighted by molar-refractivity contribution is 0.306. The van der Waals surface area contributed by atoms with E-state index in [-0.39, 0.29) is 0 Å². The minimum Gasteiger partial charge on any atom is -0.296 e. The van der Waals surface area contributed by atoms with Gasteiger partial charge in [-0.1, -0.05) is 6.07 Å². The SMILES string of the molecule is CN(Cc1ccncc1)Cc1cccc(CN(C)Cc2ccncc2)n1. The second kappa shape index (κ2) is 9.17. The van der Waals surface area contributed by atoms with Gasteiger partial charge in [0.25, 0.3) is 0 Å². The van der Waals surface area contributed by atoms with Gasteiger partial charge in [0.2, 0.25) is 0 Å². The zero-order valence-electron chi connectivity index (χ0n) is 15.4. The summed E-state index contributed by atoms with van der Waals surface area (Å²) in [7, 11) is 4.23. The van der Waals surface area contributed by atoms with Crippen molar-refractivity contribution in [3.05, 3.63) is 89.8 Å². The van der Waals surface area contributed by atoms with E-state index in [0.717, 1.165) is 37.6 Å². The predicted octanol–water partition coefficient (Wildman–Crippen LogP) is 3.14. The van der Waals surface area contributed by atoms with E-state index in [9.17, 15) is 0 Å². The van der Waals surface area contributed by atoms with Crippen molar-refractivity contribution in [1.82, 2.24) is 24.8 Å². The minimum atomic E-state index is 0.824. The summed E-state index contributed by atoms with van der Waals surface area (Å²) in [6.45, 7) is 3.42. The van der Waals surface area contributed by atoms with Gasteiger partial charge in [0, 0.05) is 51.0 Å². The molecule has 3 rings (SSSR count). The Bertz CT molecular complexity index is 727. The highest BCUT2D eigenvalue weighted by molar-refractivity contribution is 5.14. The van der Waals surface area contributed by atoms with Gasteiger partial charge in [0.15, 0.2) is 0 Å². The molecule has 0 aromatic carbocycles. The summed E-state index contributed by atoms with van der Waals surface area (Å²) in [5.74, 6) is 0. The number of nitrogens with zero attached hydrogens (tertiary/aromatic N) is 5. The topological polar surface area (TPSA) is 45.2 Å². The minimum absolute atomic E-state index is 0.824. The molecule has 0 bridgehead atoms. The zero-order valence-corrected chi connectivity index (χ0v) is 15.4. The molecule has 0 aliphatic heterocycles. The molecule has 0 amide bonds. The number of hydrogen-bond acceptors (Lipinski definition) is 5. The van der Waals surface area contributed by atoms with Crippen molar-refractivity contribution in [3.8, 4) is 0 Å². The van der Waals surface area contributed by atoms with Crippen LogP contribution in [-0.4, -0.2) is 38.8 Å². The first kappa shape index (κ1) is 18.2. The van der Waals surface area contributed by atoms with Gasteiger partial charge in [-0.25, -0.2) is 0 Å². The fourth-order valence-corrected chi connectivity index (χ4v) is 2.97. The van der Waals surface area contributed by atoms with Crippen molar-refractivity contribution in [2.24, 2.45) is 0 Å². The Morgan fingerprint density at radius 1 is 0.615 bits per heavy atom. The smallest absolute Gasteiger partial charge is 0.0547 e. The lowest BCUT2D eigenvalue weighted by Gasteiger charge is -2.18. The molecule has 3 aromatic rings. The average Bonchev–Trinajstić information content (AvgIpc) is 2.63. The van der Waals surface area contributed by atoms with Crippen LogP contribution in [0.3, 0.4) is 0 Å². The van der Waals surface area contributed by atoms with Crippen molar-refractivity contribution in [2.45, 2.75) is 26.2 Å². The van der Waals surface area contributed by atoms with E-state index in [1.807, 2.05) is 24.8 Å². The third-order valence-corrected chi connectivity index (χ3v) is 4.13. The van der Waals surface area contributed by atoms with E-state index >= 15 is 0 Å². The van der Waals surface area contributed by atoms with Crippen LogP contribution in [-0.2, 0) is 26.2 Å². The molecule has 5 nitrogen and oxygen atoms in total. The van der Waals surface area contributed by atoms with Crippen LogP contribution in [0.4, 0.5) is 0 Å². The maximum atomic E-state index is 4.83. The summed E-state index contributed by atoms with van der Waals surface area (Å²) in [5.41, 5.74) is 4.71. The number of pyridine rings is 3. The first-order chi connectivity index (χ1) is 12.7. The molecule has 0 spiro atoms. The summed E-state index contributed by atoms with van der Waals surface area (Å²) in [4.78, 5) is 17.5. The molecule has 0 unspecified atom stereocenters. The summed E-state index contributed by atoms with van der Waals surface area (Å²) in [5, 5.41) is 0. The standard InChI is InChI=1S/C21H25N5/c1-25(14-18-6-10-22-11-7-18)16-20-4-3-5-21(24-20)17-26(2)15-19-8-12-23-13-9-19/h3-13H,14-17H2,1-2H3. The summed E-state index contributed by atoms with van der Waals surface area (Å²) in [6, 6.07) is 14.5. The number of rotatable bonds is 8. The van der Waals surface area contributed by atoms with Gasteiger partial charge in [-0.15, -0.1) is 0 Å². The van der Waals surface area contributed by atoms with Gasteiger partial charge < -0.3 is 0 Å². The van der Waals surface area contributed by atoms with Crippen molar-refractivity contribution in [2.75, 3.05) is 14.1 Å². The summed E-state index contributed by atoms with van der Waals surface area (Å²) < 4.78 is 0. The van der Waals surface area contributed by atoms with E-state index in [1.165, 1.54) is 11.1 Å². The van der Waals surface area contributed by atoms with Gasteiger partial charge in [-0.3, -0.25) is 24.8 Å². The van der Waals surface area contributed by atoms with Crippen molar-refractivity contribution < 1.29 is 0 Å². The van der Waals surface area contributed by atoms with Crippen LogP contribution in [0.25, 0.3) is 0 Å². The zero-order chi connectivity index (χ0) is 18.2. The lowest BCUT2D eigenvalue weighted by atomic mass is 10.2. The monoisotopic (exact) mass is 347 g/mol. The Labute approximate surface area is 155 Å². The molecular weight excluding hydrogens is 322 g/mol. The number of aromatic nitrogens is 3. The quantitative estimate of drug-likeness (QED) is 0.626. The van der Waals surface area contributed by atoms with E-state index in [4.69, 9.17) is 4.98 Å². The van der Waals surface area contributed by atoms with Crippen LogP contribution in [0.5, 0.6) is 0 Å². The van der Waals surface area contributed by atoms with Crippen molar-refractivity contribution in [3.63, 3.8) is 0 Å². The average molecular weight is 347 g/mol. The molecule has 0 radical (unpaired) electrons. The molecule has 5 heteroatoms. The van der Waals surface area contributed by atoms with Gasteiger partial charge in [0.1, 0.15) is 0 Å². The van der Waals surface area contributed by atoms with Crippen LogP contribution in [0.2, 0.25) is 0 Å². The molecule has 3 aromatic heterocycles. The lowest BCUT2D eigenvalue weighted by Crippen LogP contribution is -2.20. The Balaban J connectivity index is 1.55. The maximum absolute atomic E-state index is 4.83. The molecule has 0 aliphatic carbocycles. The highest BCUT2D eigenvalue weighted by Crippen LogP contribution is 2.09. The van der Waals surface area contributed by atoms with Crippen molar-refractivity contribution in [1.29, 1.82) is 0 Å². The van der Waals surface area contributed by atoms with Crippen LogP contribution in [0.1, 0.15) is 22.5 Å². The highest BCUT2D eigenvalue weighted by Gasteiger charge is 2.06. The first-order valence-electron chi connectivity index (χ1n) is 8.79. The van der Waals surface area contributed by atoms with E-state index in [2.05, 4.69) is 76.3 Å². The van der Waals surface area contributed by atoms with Crippen LogP contribution in [0.15, 0.2) is 67.3 Å². The molecule has 0 saturated carbocycles. The Kier molecular flexibility index (Phi) is 6.41. The van der Waals surface area contributed by atoms with E-state index in [1.54, 1.807) is 0 Å². The Morgan fingerprint density at radius 3 is 1.46 bits per heavy atom. The Hall–Kier alpha value is -2.63. The van der Waals surface area contributed by atoms with Crippen LogP contribution < -0.4 is 0 Å². The third-order valence-electron chi connectivity index (χ3n) is 4.13. The summed E-state index contributed by atoms with van der Waals surface area (Å²) >= 11 is 0. The van der Waals surface area contributed by atoms with Gasteiger partial charge in [-0.05, 0) is 61.6 Å². The highest BCUT2D eigenvalue weighted by atomic mass is 15.1. The van der Waals surface area contributed by atoms with Crippen LogP contribution in [0, 0.1) is 0 Å². The van der Waals surface area contributed by atoms with Gasteiger partial charge in [-0.2, -0.15) is 0 Å². The van der Waals surface area contributed by atoms with E-state index in [0.29, 0.717) is 0 Å². The van der Waals surface area contributed by atoms with Crippen molar-refractivity contribution >= 4 is 0 Å². The molecule has 3 heterocycles. The molecule has 26 heavy (non-hydrogen) atoms. The third kappa shape index (κ3) is 5.72. The second-order valence-corrected chi connectivity index (χ2v) is 6.68. The molecule has 0 saturated heterocycles. The fourth-order valence-electron chi connectivity index (χ4n) is 2.97. The second-order valence-electron chi connectivity index (χ2n) is 6.68. The fraction of sp³-hybridized carbons (Fsp3) is 0.286. The van der Waals surface area contributed by atoms with Gasteiger partial charge in [0.05, 0.1) is 11.4 Å². The normalized spacial score (nSPS) is 11.2. The molecule has 134 valence electrons. The summed E-state index contributed by atoms with van der Waals surface area (Å²) in [6.07, 6.45) is 7.34. The molecule has 0 atom stereocenters. The largest absolute Gasteiger partial charge is 0.296 e. The van der Waals surface area contributed by atoms with Crippen LogP contribution >= 0.6 is 0 Å². The van der Waals surface area contributed by atoms with Gasteiger partial charge >= 0.3 is 0 Å². The first-order valence-corrected chi connectivity index (χ1v) is 8.79. The predicted molar refractivity (Wildman–Crippen MR) is 103 cm³/mol. The molecule has 0 fully saturated rings. The number of hydrogen-bond donors (Lipinski definition) is 0.